The summed E-state index contributed by atoms with van der Waals surface area (Å²) in [5.74, 6) is 2.40. The van der Waals surface area contributed by atoms with Gasteiger partial charge in [0.15, 0.2) is 29.0 Å². The van der Waals surface area contributed by atoms with Crippen molar-refractivity contribution in [1.29, 1.82) is 5.26 Å². The summed E-state index contributed by atoms with van der Waals surface area (Å²) in [6.45, 7) is 17.6. The van der Waals surface area contributed by atoms with E-state index in [1.54, 1.807) is 43.0 Å². The van der Waals surface area contributed by atoms with Gasteiger partial charge in [0.1, 0.15) is 73.3 Å². The molecule has 696 valence electrons. The Hall–Kier alpha value is -12.7. The molecule has 3 aromatic heterocycles. The molecule has 2 saturated heterocycles. The minimum atomic E-state index is -0.742. The lowest BCUT2D eigenvalue weighted by Crippen LogP contribution is -2.34. The zero-order chi connectivity index (χ0) is 95.5. The van der Waals surface area contributed by atoms with E-state index in [0.717, 1.165) is 125 Å². The fourth-order valence-electron chi connectivity index (χ4n) is 12.3. The Bertz CT molecular complexity index is 5810. The molecule has 0 amide bonds. The number of thioether (sulfide) groups is 6. The lowest BCUT2D eigenvalue weighted by molar-refractivity contribution is -0.384. The largest absolute Gasteiger partial charge is 0.512 e. The summed E-state index contributed by atoms with van der Waals surface area (Å²) in [7, 11) is 8.20. The number of anilines is 3. The highest BCUT2D eigenvalue weighted by Gasteiger charge is 2.28. The van der Waals surface area contributed by atoms with Crippen LogP contribution in [0.25, 0.3) is 34.2 Å². The number of hydrogen-bond acceptors (Lipinski definition) is 37. The molecule has 0 bridgehead atoms. The SMILES string of the molecule is C=C(O)CSC1=NN=C(c2ccc(N3CCCCC3)cc2F)C1.C=C(O)CSc1n[nH]c(-c2ccc(N(C)C)cc2[N+](=O)[O-])n1.CC(=O)CSC1=NN=C(c2ccc(OC3CCNCC3)cc2)C1.CC(=O)CSc1n[nH]c(-c2ccc(N(C)CCC#N)cc2)n1.COc1cc(F)c(C2=NN=C(SCC(C)=O)C2)c(F)c1.COc1cc([N+](=O)[O-])cc(-c2nc(SCC(C)=O)n[nH]2)c1O. The molecule has 0 aliphatic carbocycles. The zero-order valence-corrected chi connectivity index (χ0v) is 78.4. The molecule has 2 fully saturated rings. The van der Waals surface area contributed by atoms with Crippen molar-refractivity contribution in [3.05, 3.63) is 188 Å². The van der Waals surface area contributed by atoms with E-state index in [4.69, 9.17) is 29.7 Å². The number of methoxy groups -OCH3 is 2. The van der Waals surface area contributed by atoms with Gasteiger partial charge in [0.25, 0.3) is 11.4 Å². The van der Waals surface area contributed by atoms with Gasteiger partial charge in [-0.05, 0) is 157 Å². The van der Waals surface area contributed by atoms with Gasteiger partial charge in [-0.25, -0.2) is 28.1 Å². The summed E-state index contributed by atoms with van der Waals surface area (Å²) in [5, 5.41) is 110. The smallest absolute Gasteiger partial charge is 0.282 e. The number of aromatic amines is 3. The number of non-ortho nitro benzene ring substituents is 1. The first kappa shape index (κ1) is 103. The topological polar surface area (TPSA) is 487 Å². The van der Waals surface area contributed by atoms with Crippen LogP contribution in [-0.2, 0) is 19.2 Å². The number of aromatic nitrogens is 9. The van der Waals surface area contributed by atoms with Crippen molar-refractivity contribution in [3.8, 4) is 63.2 Å². The van der Waals surface area contributed by atoms with Gasteiger partial charge in [-0.3, -0.25) is 54.7 Å². The third-order valence-corrected chi connectivity index (χ3v) is 25.0. The number of carbonyl (C=O) groups is 4. The van der Waals surface area contributed by atoms with Crippen LogP contribution in [0.3, 0.4) is 0 Å². The molecule has 132 heavy (non-hydrogen) atoms. The first-order valence-electron chi connectivity index (χ1n) is 40.7. The number of rotatable bonds is 32. The van der Waals surface area contributed by atoms with Gasteiger partial charge >= 0.3 is 0 Å². The molecule has 0 unspecified atom stereocenters. The fourth-order valence-corrected chi connectivity index (χ4v) is 16.1. The Balaban J connectivity index is 0.000000178. The summed E-state index contributed by atoms with van der Waals surface area (Å²) in [5.41, 5.74) is 6.96. The van der Waals surface area contributed by atoms with Crippen molar-refractivity contribution in [2.45, 2.75) is 107 Å². The molecule has 14 rings (SSSR count). The fraction of sp³-hybridized carbons (Fsp3) is 0.345. The van der Waals surface area contributed by atoms with E-state index in [9.17, 15) is 57.7 Å². The van der Waals surface area contributed by atoms with Gasteiger partial charge in [0, 0.05) is 112 Å². The Morgan fingerprint density at radius 2 is 1.04 bits per heavy atom. The van der Waals surface area contributed by atoms with E-state index in [-0.39, 0.29) is 115 Å². The normalized spacial score (nSPS) is 13.6. The number of Topliss-reactive ketones (excluding diaryl/α,β-unsaturated/α-hetero) is 4. The predicted octanol–water partition coefficient (Wildman–Crippen LogP) is 16.5. The molecule has 9 aromatic rings. The standard InChI is InChI=1S/C17H20FN3OS.C17H21N3O2S.C15H17N5OS.C13H12F2N2O2S.C13H15N5O3S.C12H12N4O5S/c1-12(22)11-23-17-10-16(19-20-17)14-6-5-13(9-15(14)18)21-7-3-2-4-8-21;1-12(21)11-23-17-10-16(19-20-17)13-2-4-14(5-3-13)22-15-6-8-18-9-7-15;1-11(21)10-22-15-17-14(18-19-15)12-4-6-13(7-5-12)20(2)9-3-8-16;1-7(18)6-20-12-5-11(16-17-12)13-9(14)3-8(19-2)4-10(13)15;1-8(19)7-22-13-14-12(15-16-13)10-5-4-9(17(2)3)6-11(10)18(20)21;1-6(17)5-22-12-13-11(14-15-12)8-3-7(16(19)20)4-9(21-2)10(8)18/h5-6,9,22H,1-4,7-8,10-11H2;2-5,15,18H,6-11H2,1H3;4-7H,3,9-10H2,1-2H3,(H,17,18,19);3-4H,5-6H2,1-2H3;4-6,19H,1,7H2,2-3H3,(H,14,15,16);3-4,18H,5H2,1-2H3,(H,13,14,15). The average Bonchev–Trinajstić information content (AvgIpc) is 1.55. The van der Waals surface area contributed by atoms with Gasteiger partial charge in [-0.15, -0.1) is 65.9 Å². The van der Waals surface area contributed by atoms with Crippen molar-refractivity contribution < 1.29 is 71.7 Å². The van der Waals surface area contributed by atoms with E-state index in [1.807, 2.05) is 80.6 Å². The quantitative estimate of drug-likeness (QED) is 0.00891. The van der Waals surface area contributed by atoms with Gasteiger partial charge in [0.2, 0.25) is 15.5 Å². The summed E-state index contributed by atoms with van der Waals surface area (Å²) < 4.78 is 58.0. The molecule has 5 aliphatic heterocycles. The van der Waals surface area contributed by atoms with Gasteiger partial charge in [-0.1, -0.05) is 48.4 Å². The number of carbonyl (C=O) groups excluding carboxylic acids is 4. The molecule has 0 atom stereocenters. The van der Waals surface area contributed by atoms with Crippen molar-refractivity contribution in [2.24, 2.45) is 30.6 Å². The van der Waals surface area contributed by atoms with Crippen LogP contribution >= 0.6 is 70.6 Å². The first-order valence-corrected chi connectivity index (χ1v) is 46.6. The molecular weight excluding hydrogens is 1830 g/mol. The van der Waals surface area contributed by atoms with Gasteiger partial charge in [-0.2, -0.15) is 20.6 Å². The molecule has 8 heterocycles. The number of nitrogens with one attached hydrogen (secondary N) is 4. The maximum Gasteiger partial charge on any atom is 0.282 e. The van der Waals surface area contributed by atoms with Crippen LogP contribution in [0, 0.1) is 49.0 Å². The van der Waals surface area contributed by atoms with Crippen LogP contribution in [0.15, 0.2) is 180 Å². The van der Waals surface area contributed by atoms with E-state index < -0.39 is 21.5 Å². The zero-order valence-electron chi connectivity index (χ0n) is 73.5. The number of halogens is 3. The lowest BCUT2D eigenvalue weighted by Gasteiger charge is -2.29. The number of aliphatic hydroxyl groups is 2. The molecule has 0 radical (unpaired) electrons. The Labute approximate surface area is 783 Å². The molecule has 7 N–H and O–H groups in total. The number of hydrogen-bond donors (Lipinski definition) is 7. The third kappa shape index (κ3) is 32.4. The van der Waals surface area contributed by atoms with Gasteiger partial charge in [0.05, 0.1) is 122 Å². The van der Waals surface area contributed by atoms with Crippen LogP contribution in [0.1, 0.15) is 102 Å². The lowest BCUT2D eigenvalue weighted by atomic mass is 10.1. The molecular formula is C87H97F3N22O14S6. The average molecular weight is 1920 g/mol. The summed E-state index contributed by atoms with van der Waals surface area (Å²) >= 11 is 7.70. The minimum absolute atomic E-state index is 0.00737. The highest BCUT2D eigenvalue weighted by Crippen LogP contribution is 2.41. The van der Waals surface area contributed by atoms with Crippen LogP contribution in [0.2, 0.25) is 0 Å². The van der Waals surface area contributed by atoms with Crippen molar-refractivity contribution in [2.75, 3.05) is 117 Å². The van der Waals surface area contributed by atoms with E-state index in [2.05, 4.69) is 106 Å². The maximum atomic E-state index is 14.5. The number of phenols is 1. The van der Waals surface area contributed by atoms with E-state index >= 15 is 0 Å². The first-order chi connectivity index (χ1) is 63.2. The minimum Gasteiger partial charge on any atom is -0.512 e. The second-order valence-electron chi connectivity index (χ2n) is 29.5. The van der Waals surface area contributed by atoms with Crippen LogP contribution in [0.5, 0.6) is 23.0 Å². The Morgan fingerprint density at radius 1 is 0.553 bits per heavy atom. The summed E-state index contributed by atoms with van der Waals surface area (Å²) in [6, 6.07) is 32.8. The number of nitrogens with zero attached hydrogens (tertiary/aromatic N) is 18. The molecule has 6 aromatic carbocycles. The monoisotopic (exact) mass is 1920 g/mol. The Morgan fingerprint density at radius 3 is 1.56 bits per heavy atom. The second-order valence-corrected chi connectivity index (χ2v) is 35.5. The van der Waals surface area contributed by atoms with E-state index in [1.165, 1.54) is 112 Å². The number of ketones is 4. The van der Waals surface area contributed by atoms with Crippen molar-refractivity contribution >= 4 is 154 Å². The second kappa shape index (κ2) is 51.8. The molecule has 0 spiro atoms. The van der Waals surface area contributed by atoms with Crippen molar-refractivity contribution in [1.82, 2.24) is 50.9 Å². The number of nitro groups is 2. The number of aliphatic hydroxyl groups excluding tert-OH is 2. The van der Waals surface area contributed by atoms with Crippen LogP contribution in [0.4, 0.5) is 41.6 Å². The number of ether oxygens (including phenoxy) is 3. The van der Waals surface area contributed by atoms with Crippen LogP contribution in [-0.4, -0.2) is 235 Å². The summed E-state index contributed by atoms with van der Waals surface area (Å²) in [6.07, 6.45) is 7.93. The maximum absolute atomic E-state index is 14.5. The molecule has 0 saturated carbocycles. The van der Waals surface area contributed by atoms with Gasteiger partial charge < -0.3 is 49.5 Å². The molecule has 5 aliphatic rings. The number of benzene rings is 6. The number of nitro benzene ring substituents is 2. The number of aromatic hydroxyl groups is 1. The number of H-pyrrole nitrogens is 3. The number of phenolic OH excluding ortho intramolecular Hbond substituents is 1. The molecule has 45 heteroatoms. The highest BCUT2D eigenvalue weighted by molar-refractivity contribution is 8.15. The Kier molecular flexibility index (Phi) is 40.4. The molecule has 36 nitrogen and oxygen atoms in total. The van der Waals surface area contributed by atoms with E-state index in [0.29, 0.717) is 98.2 Å². The predicted molar refractivity (Wildman–Crippen MR) is 515 cm³/mol. The van der Waals surface area contributed by atoms with Crippen LogP contribution < -0.4 is 34.2 Å². The summed E-state index contributed by atoms with van der Waals surface area (Å²) in [4.78, 5) is 83.6. The number of nitriles is 1. The third-order valence-electron chi connectivity index (χ3n) is 18.8. The highest BCUT2D eigenvalue weighted by atomic mass is 32.2. The number of piperidine rings is 2. The van der Waals surface area contributed by atoms with Crippen molar-refractivity contribution in [3.63, 3.8) is 0 Å².